The molecule has 0 saturated carbocycles. The van der Waals surface area contributed by atoms with Crippen molar-refractivity contribution in [1.29, 1.82) is 0 Å². The van der Waals surface area contributed by atoms with Crippen LogP contribution in [0.25, 0.3) is 10.9 Å². The maximum Gasteiger partial charge on any atom is 0.139 e. The highest BCUT2D eigenvalue weighted by atomic mass is 15.3. The second kappa shape index (κ2) is 3.17. The van der Waals surface area contributed by atoms with Crippen LogP contribution in [0.1, 0.15) is 0 Å². The zero-order valence-electron chi connectivity index (χ0n) is 8.30. The lowest BCUT2D eigenvalue weighted by Gasteiger charge is -2.38. The average Bonchev–Trinajstić information content (AvgIpc) is 2.24. The van der Waals surface area contributed by atoms with Gasteiger partial charge in [0.15, 0.2) is 0 Å². The van der Waals surface area contributed by atoms with E-state index in [2.05, 4.69) is 20.9 Å². The van der Waals surface area contributed by atoms with Crippen LogP contribution in [0.4, 0.5) is 5.82 Å². The number of rotatable bonds is 1. The van der Waals surface area contributed by atoms with Crippen molar-refractivity contribution in [3.63, 3.8) is 0 Å². The molecule has 4 nitrogen and oxygen atoms in total. The summed E-state index contributed by atoms with van der Waals surface area (Å²) in [6, 6.07) is 8.34. The summed E-state index contributed by atoms with van der Waals surface area (Å²) >= 11 is 0. The normalized spacial score (nSPS) is 16.7. The summed E-state index contributed by atoms with van der Waals surface area (Å²) in [5.41, 5.74) is 6.75. The molecule has 2 heterocycles. The Balaban J connectivity index is 2.10. The van der Waals surface area contributed by atoms with Gasteiger partial charge < -0.3 is 10.6 Å². The first-order valence-electron chi connectivity index (χ1n) is 5.05. The minimum atomic E-state index is 0.290. The lowest BCUT2D eigenvalue weighted by molar-refractivity contribution is 0.516. The summed E-state index contributed by atoms with van der Waals surface area (Å²) in [6.07, 6.45) is 1.61. The highest BCUT2D eigenvalue weighted by Gasteiger charge is 2.25. The molecule has 2 aromatic rings. The fourth-order valence-electron chi connectivity index (χ4n) is 1.93. The van der Waals surface area contributed by atoms with Gasteiger partial charge in [-0.25, -0.2) is 9.97 Å². The van der Waals surface area contributed by atoms with Crippen molar-refractivity contribution in [2.75, 3.05) is 18.0 Å². The summed E-state index contributed by atoms with van der Waals surface area (Å²) in [4.78, 5) is 10.7. The third-order valence-electron chi connectivity index (χ3n) is 2.73. The van der Waals surface area contributed by atoms with Crippen LogP contribution in [0.5, 0.6) is 0 Å². The van der Waals surface area contributed by atoms with E-state index in [4.69, 9.17) is 5.73 Å². The smallest absolute Gasteiger partial charge is 0.139 e. The number of anilines is 1. The summed E-state index contributed by atoms with van der Waals surface area (Å²) in [5.74, 6) is 1.00. The third-order valence-corrected chi connectivity index (χ3v) is 2.73. The van der Waals surface area contributed by atoms with Crippen molar-refractivity contribution < 1.29 is 0 Å². The van der Waals surface area contributed by atoms with Gasteiger partial charge in [0.1, 0.15) is 12.1 Å². The molecule has 1 aromatic carbocycles. The number of benzene rings is 1. The molecule has 0 unspecified atom stereocenters. The Bertz CT molecular complexity index is 485. The number of nitrogens with two attached hydrogens (primary N) is 1. The van der Waals surface area contributed by atoms with E-state index >= 15 is 0 Å². The second-order valence-electron chi connectivity index (χ2n) is 3.88. The van der Waals surface area contributed by atoms with Crippen molar-refractivity contribution in [3.05, 3.63) is 30.6 Å². The molecule has 15 heavy (non-hydrogen) atoms. The van der Waals surface area contributed by atoms with E-state index in [0.717, 1.165) is 29.8 Å². The van der Waals surface area contributed by atoms with Gasteiger partial charge in [-0.05, 0) is 12.1 Å². The van der Waals surface area contributed by atoms with Crippen LogP contribution in [-0.4, -0.2) is 29.1 Å². The minimum absolute atomic E-state index is 0.290. The Morgan fingerprint density at radius 3 is 2.80 bits per heavy atom. The molecule has 1 fully saturated rings. The Morgan fingerprint density at radius 2 is 2.00 bits per heavy atom. The summed E-state index contributed by atoms with van der Waals surface area (Å²) in [7, 11) is 0. The van der Waals surface area contributed by atoms with Gasteiger partial charge in [0.25, 0.3) is 0 Å². The summed E-state index contributed by atoms with van der Waals surface area (Å²) in [6.45, 7) is 1.78. The molecule has 76 valence electrons. The van der Waals surface area contributed by atoms with Crippen LogP contribution in [-0.2, 0) is 0 Å². The molecule has 0 spiro atoms. The van der Waals surface area contributed by atoms with Crippen LogP contribution in [0.3, 0.4) is 0 Å². The average molecular weight is 200 g/mol. The molecule has 2 N–H and O–H groups in total. The van der Waals surface area contributed by atoms with Crippen molar-refractivity contribution in [2.45, 2.75) is 6.04 Å². The van der Waals surface area contributed by atoms with Gasteiger partial charge in [0.05, 0.1) is 5.52 Å². The molecular weight excluding hydrogens is 188 g/mol. The van der Waals surface area contributed by atoms with E-state index in [1.807, 2.05) is 18.2 Å². The number of hydrogen-bond acceptors (Lipinski definition) is 4. The molecule has 1 aromatic heterocycles. The molecule has 1 aliphatic heterocycles. The van der Waals surface area contributed by atoms with E-state index in [1.165, 1.54) is 0 Å². The highest BCUT2D eigenvalue weighted by Crippen LogP contribution is 2.25. The zero-order valence-corrected chi connectivity index (χ0v) is 8.30. The van der Waals surface area contributed by atoms with Crippen LogP contribution in [0.15, 0.2) is 30.6 Å². The number of aromatic nitrogens is 2. The first-order valence-corrected chi connectivity index (χ1v) is 5.05. The molecule has 0 bridgehead atoms. The Hall–Kier alpha value is -1.68. The topological polar surface area (TPSA) is 55.0 Å². The van der Waals surface area contributed by atoms with Crippen LogP contribution in [0, 0.1) is 0 Å². The summed E-state index contributed by atoms with van der Waals surface area (Å²) < 4.78 is 0. The highest BCUT2D eigenvalue weighted by molar-refractivity contribution is 5.89. The first-order chi connectivity index (χ1) is 7.34. The number of hydrogen-bond donors (Lipinski definition) is 1. The van der Waals surface area contributed by atoms with E-state index in [0.29, 0.717) is 6.04 Å². The maximum atomic E-state index is 5.77. The maximum absolute atomic E-state index is 5.77. The molecule has 3 rings (SSSR count). The SMILES string of the molecule is NC1CN(c2ncnc3ccccc23)C1. The Morgan fingerprint density at radius 1 is 1.20 bits per heavy atom. The Kier molecular flexibility index (Phi) is 1.82. The minimum Gasteiger partial charge on any atom is -0.353 e. The van der Waals surface area contributed by atoms with E-state index < -0.39 is 0 Å². The van der Waals surface area contributed by atoms with Crippen molar-refractivity contribution >= 4 is 16.7 Å². The van der Waals surface area contributed by atoms with Gasteiger partial charge in [-0.3, -0.25) is 0 Å². The van der Waals surface area contributed by atoms with E-state index in [-0.39, 0.29) is 0 Å². The predicted molar refractivity (Wildman–Crippen MR) is 59.7 cm³/mol. The number of para-hydroxylation sites is 1. The zero-order chi connectivity index (χ0) is 10.3. The molecule has 0 amide bonds. The monoisotopic (exact) mass is 200 g/mol. The molecule has 1 aliphatic rings. The number of fused-ring (bicyclic) bond motifs is 1. The van der Waals surface area contributed by atoms with E-state index in [1.54, 1.807) is 6.33 Å². The fourth-order valence-corrected chi connectivity index (χ4v) is 1.93. The van der Waals surface area contributed by atoms with Gasteiger partial charge in [0, 0.05) is 24.5 Å². The lowest BCUT2D eigenvalue weighted by Crippen LogP contribution is -2.56. The van der Waals surface area contributed by atoms with E-state index in [9.17, 15) is 0 Å². The van der Waals surface area contributed by atoms with Crippen molar-refractivity contribution in [3.8, 4) is 0 Å². The fraction of sp³-hybridized carbons (Fsp3) is 0.273. The standard InChI is InChI=1S/C11H12N4/c12-8-5-15(6-8)11-9-3-1-2-4-10(9)13-7-14-11/h1-4,7-8H,5-6,12H2. The van der Waals surface area contributed by atoms with Crippen LogP contribution >= 0.6 is 0 Å². The molecule has 0 atom stereocenters. The Labute approximate surface area is 87.7 Å². The number of nitrogens with zero attached hydrogens (tertiary/aromatic N) is 3. The van der Waals surface area contributed by atoms with Crippen LogP contribution < -0.4 is 10.6 Å². The molecule has 1 saturated heterocycles. The van der Waals surface area contributed by atoms with Crippen molar-refractivity contribution in [2.24, 2.45) is 5.73 Å². The molecule has 4 heteroatoms. The van der Waals surface area contributed by atoms with Gasteiger partial charge in [-0.2, -0.15) is 0 Å². The van der Waals surface area contributed by atoms with Crippen molar-refractivity contribution in [1.82, 2.24) is 9.97 Å². The summed E-state index contributed by atoms with van der Waals surface area (Å²) in [5, 5.41) is 1.10. The molecule has 0 radical (unpaired) electrons. The quantitative estimate of drug-likeness (QED) is 0.739. The lowest BCUT2D eigenvalue weighted by atomic mass is 10.1. The van der Waals surface area contributed by atoms with Gasteiger partial charge in [0.2, 0.25) is 0 Å². The van der Waals surface area contributed by atoms with Gasteiger partial charge >= 0.3 is 0 Å². The van der Waals surface area contributed by atoms with Gasteiger partial charge in [-0.1, -0.05) is 12.1 Å². The third kappa shape index (κ3) is 1.34. The second-order valence-corrected chi connectivity index (χ2v) is 3.88. The van der Waals surface area contributed by atoms with Gasteiger partial charge in [-0.15, -0.1) is 0 Å². The predicted octanol–water partition coefficient (Wildman–Crippen LogP) is 0.777. The largest absolute Gasteiger partial charge is 0.353 e. The molecular formula is C11H12N4. The molecule has 0 aliphatic carbocycles. The first kappa shape index (κ1) is 8.61. The van der Waals surface area contributed by atoms with Crippen LogP contribution in [0.2, 0.25) is 0 Å².